The van der Waals surface area contributed by atoms with Crippen LogP contribution in [0.5, 0.6) is 11.5 Å². The minimum atomic E-state index is -0.217. The Hall–Kier alpha value is -2.36. The highest BCUT2D eigenvalue weighted by molar-refractivity contribution is 6.31. The van der Waals surface area contributed by atoms with Crippen LogP contribution in [0.4, 0.5) is 0 Å². The van der Waals surface area contributed by atoms with Crippen molar-refractivity contribution in [3.63, 3.8) is 0 Å². The highest BCUT2D eigenvalue weighted by Gasteiger charge is 2.24. The molecule has 0 spiro atoms. The van der Waals surface area contributed by atoms with Crippen molar-refractivity contribution in [1.82, 2.24) is 25.0 Å². The molecule has 0 aliphatic carbocycles. The van der Waals surface area contributed by atoms with Gasteiger partial charge in [-0.25, -0.2) is 0 Å². The minimum Gasteiger partial charge on any atom is -0.454 e. The van der Waals surface area contributed by atoms with E-state index in [1.807, 2.05) is 19.1 Å². The third kappa shape index (κ3) is 4.53. The maximum absolute atomic E-state index is 12.0. The van der Waals surface area contributed by atoms with E-state index in [9.17, 15) is 4.79 Å². The molecule has 1 aromatic heterocycles. The largest absolute Gasteiger partial charge is 0.454 e. The second-order valence-corrected chi connectivity index (χ2v) is 7.89. The Bertz CT molecular complexity index is 919. The van der Waals surface area contributed by atoms with E-state index in [2.05, 4.69) is 25.0 Å². The summed E-state index contributed by atoms with van der Waals surface area (Å²) in [5.41, 5.74) is 1.01. The summed E-state index contributed by atoms with van der Waals surface area (Å²) in [7, 11) is 1.58. The predicted molar refractivity (Wildman–Crippen MR) is 110 cm³/mol. The van der Waals surface area contributed by atoms with Gasteiger partial charge in [0.05, 0.1) is 12.6 Å². The van der Waals surface area contributed by atoms with Crippen molar-refractivity contribution in [1.29, 1.82) is 0 Å². The molecule has 0 radical (unpaired) electrons. The number of carbonyl (C=O) groups excluding carboxylic acids is 1. The second-order valence-electron chi connectivity index (χ2n) is 7.48. The van der Waals surface area contributed by atoms with Crippen molar-refractivity contribution in [2.24, 2.45) is 0 Å². The molecular weight excluding hydrogens is 410 g/mol. The first-order valence-electron chi connectivity index (χ1n) is 10.1. The molecule has 4 rings (SSSR count). The molecule has 1 N–H and O–H groups in total. The Labute approximate surface area is 180 Å². The van der Waals surface area contributed by atoms with Crippen molar-refractivity contribution >= 4 is 17.5 Å². The lowest BCUT2D eigenvalue weighted by atomic mass is 10.2. The van der Waals surface area contributed by atoms with Gasteiger partial charge < -0.3 is 24.1 Å². The molecule has 162 valence electrons. The number of halogens is 1. The highest BCUT2D eigenvalue weighted by atomic mass is 35.5. The average Bonchev–Trinajstić information content (AvgIpc) is 3.29. The molecule has 0 bridgehead atoms. The third-order valence-electron chi connectivity index (χ3n) is 5.38. The van der Waals surface area contributed by atoms with E-state index >= 15 is 0 Å². The van der Waals surface area contributed by atoms with E-state index in [4.69, 9.17) is 25.8 Å². The summed E-state index contributed by atoms with van der Waals surface area (Å²) in [6, 6.07) is 3.56. The maximum atomic E-state index is 12.0. The molecule has 0 fully saturated rings. The summed E-state index contributed by atoms with van der Waals surface area (Å²) < 4.78 is 17.9. The van der Waals surface area contributed by atoms with Crippen LogP contribution in [-0.4, -0.2) is 59.2 Å². The number of aromatic nitrogens is 3. The number of hydrogen-bond donors (Lipinski definition) is 1. The van der Waals surface area contributed by atoms with E-state index in [-0.39, 0.29) is 18.7 Å². The Morgan fingerprint density at radius 2 is 2.07 bits per heavy atom. The van der Waals surface area contributed by atoms with Gasteiger partial charge >= 0.3 is 0 Å². The van der Waals surface area contributed by atoms with Crippen molar-refractivity contribution in [3.05, 3.63) is 34.4 Å². The maximum Gasteiger partial charge on any atom is 0.231 e. The van der Waals surface area contributed by atoms with Crippen LogP contribution in [0, 0.1) is 0 Å². The van der Waals surface area contributed by atoms with Crippen molar-refractivity contribution in [2.75, 3.05) is 33.6 Å². The van der Waals surface area contributed by atoms with Crippen LogP contribution in [0.1, 0.15) is 36.6 Å². The Morgan fingerprint density at radius 3 is 2.87 bits per heavy atom. The van der Waals surface area contributed by atoms with Crippen LogP contribution in [0.3, 0.4) is 0 Å². The van der Waals surface area contributed by atoms with Gasteiger partial charge in [0.25, 0.3) is 0 Å². The summed E-state index contributed by atoms with van der Waals surface area (Å²) >= 11 is 6.45. The molecule has 0 saturated carbocycles. The summed E-state index contributed by atoms with van der Waals surface area (Å²) in [4.78, 5) is 14.4. The molecule has 10 heteroatoms. The van der Waals surface area contributed by atoms with Gasteiger partial charge in [-0.1, -0.05) is 11.6 Å². The van der Waals surface area contributed by atoms with Gasteiger partial charge in [0.15, 0.2) is 17.3 Å². The summed E-state index contributed by atoms with van der Waals surface area (Å²) in [6.07, 6.45) is 1.10. The third-order valence-corrected chi connectivity index (χ3v) is 5.73. The Balaban J connectivity index is 1.40. The van der Waals surface area contributed by atoms with Crippen LogP contribution >= 0.6 is 11.6 Å². The number of ether oxygens (including phenoxy) is 3. The van der Waals surface area contributed by atoms with Crippen LogP contribution in [-0.2, 0) is 29.0 Å². The molecule has 30 heavy (non-hydrogen) atoms. The topological polar surface area (TPSA) is 90.7 Å². The summed E-state index contributed by atoms with van der Waals surface area (Å²) in [5.74, 6) is 3.08. The second kappa shape index (κ2) is 9.20. The Kier molecular flexibility index (Phi) is 6.40. The van der Waals surface area contributed by atoms with E-state index in [0.717, 1.165) is 49.0 Å². The number of amides is 1. The lowest BCUT2D eigenvalue weighted by Gasteiger charge is -2.21. The van der Waals surface area contributed by atoms with Crippen LogP contribution < -0.4 is 14.8 Å². The van der Waals surface area contributed by atoms with E-state index in [0.29, 0.717) is 30.3 Å². The molecule has 3 heterocycles. The van der Waals surface area contributed by atoms with E-state index < -0.39 is 0 Å². The number of nitrogens with one attached hydrogen (secondary N) is 1. The fraction of sp³-hybridized carbons (Fsp3) is 0.550. The number of nitrogens with zero attached hydrogens (tertiary/aromatic N) is 4. The molecule has 1 amide bonds. The van der Waals surface area contributed by atoms with Gasteiger partial charge in [0, 0.05) is 57.2 Å². The SMILES string of the molecule is COCCC(=O)N[C@H](C)c1nnc2n1CCN(Cc1cc3c(cc1Cl)OCO3)CC2. The smallest absolute Gasteiger partial charge is 0.231 e. The summed E-state index contributed by atoms with van der Waals surface area (Å²) in [6.45, 7) is 5.69. The molecule has 2 aliphatic heterocycles. The quantitative estimate of drug-likeness (QED) is 0.710. The van der Waals surface area contributed by atoms with Gasteiger partial charge in [-0.3, -0.25) is 9.69 Å². The number of rotatable bonds is 7. The monoisotopic (exact) mass is 435 g/mol. The Morgan fingerprint density at radius 1 is 1.27 bits per heavy atom. The first kappa shape index (κ1) is 20.9. The zero-order chi connectivity index (χ0) is 21.1. The minimum absolute atomic E-state index is 0.0607. The number of hydrogen-bond acceptors (Lipinski definition) is 7. The zero-order valence-electron chi connectivity index (χ0n) is 17.2. The van der Waals surface area contributed by atoms with Crippen LogP contribution in [0.2, 0.25) is 5.02 Å². The van der Waals surface area contributed by atoms with Crippen molar-refractivity contribution in [2.45, 2.75) is 38.9 Å². The number of carbonyl (C=O) groups is 1. The predicted octanol–water partition coefficient (Wildman–Crippen LogP) is 1.93. The zero-order valence-corrected chi connectivity index (χ0v) is 17.9. The molecule has 2 aliphatic rings. The first-order chi connectivity index (χ1) is 14.5. The molecule has 2 aromatic rings. The molecule has 9 nitrogen and oxygen atoms in total. The number of methoxy groups -OCH3 is 1. The van der Waals surface area contributed by atoms with E-state index in [1.54, 1.807) is 7.11 Å². The molecule has 0 saturated heterocycles. The lowest BCUT2D eigenvalue weighted by Crippen LogP contribution is -2.30. The number of benzene rings is 1. The standard InChI is InChI=1S/C20H26ClN5O4/c1-13(22-19(27)4-8-28-2)20-24-23-18-3-5-25(6-7-26(18)20)11-14-9-16-17(10-15(14)21)30-12-29-16/h9-10,13H,3-8,11-12H2,1-2H3,(H,22,27)/t13-/m1/s1. The van der Waals surface area contributed by atoms with Crippen LogP contribution in [0.25, 0.3) is 0 Å². The first-order valence-corrected chi connectivity index (χ1v) is 10.4. The number of fused-ring (bicyclic) bond motifs is 2. The average molecular weight is 436 g/mol. The van der Waals surface area contributed by atoms with Crippen LogP contribution in [0.15, 0.2) is 12.1 Å². The lowest BCUT2D eigenvalue weighted by molar-refractivity contribution is -0.122. The summed E-state index contributed by atoms with van der Waals surface area (Å²) in [5, 5.41) is 12.3. The molecule has 0 unspecified atom stereocenters. The fourth-order valence-corrected chi connectivity index (χ4v) is 3.98. The molecule has 1 aromatic carbocycles. The van der Waals surface area contributed by atoms with E-state index in [1.165, 1.54) is 0 Å². The van der Waals surface area contributed by atoms with Gasteiger partial charge in [-0.2, -0.15) is 0 Å². The normalized spacial score (nSPS) is 16.8. The highest BCUT2D eigenvalue weighted by Crippen LogP contribution is 2.37. The fourth-order valence-electron chi connectivity index (χ4n) is 3.76. The van der Waals surface area contributed by atoms with Gasteiger partial charge in [-0.15, -0.1) is 10.2 Å². The van der Waals surface area contributed by atoms with Gasteiger partial charge in [0.2, 0.25) is 12.7 Å². The van der Waals surface area contributed by atoms with Gasteiger partial charge in [0.1, 0.15) is 5.82 Å². The van der Waals surface area contributed by atoms with Gasteiger partial charge in [-0.05, 0) is 18.6 Å². The molecule has 1 atom stereocenters. The van der Waals surface area contributed by atoms with Crippen molar-refractivity contribution < 1.29 is 19.0 Å². The van der Waals surface area contributed by atoms with Crippen molar-refractivity contribution in [3.8, 4) is 11.5 Å². The molecular formula is C20H26ClN5O4.